The summed E-state index contributed by atoms with van der Waals surface area (Å²) in [6, 6.07) is 1.68. The molecule has 3 heterocycles. The minimum Gasteiger partial charge on any atom is -0.310 e. The molecule has 3 nitrogen and oxygen atoms in total. The Morgan fingerprint density at radius 2 is 2.17 bits per heavy atom. The number of nitrogens with one attached hydrogen (secondary N) is 1. The number of aromatic nitrogens is 1. The lowest BCUT2D eigenvalue weighted by atomic mass is 9.91. The first-order chi connectivity index (χ1) is 8.72. The van der Waals surface area contributed by atoms with Crippen LogP contribution in [0.1, 0.15) is 30.7 Å². The Kier molecular flexibility index (Phi) is 3.89. The van der Waals surface area contributed by atoms with Crippen molar-refractivity contribution in [3.63, 3.8) is 0 Å². The van der Waals surface area contributed by atoms with Gasteiger partial charge in [-0.05, 0) is 45.2 Å². The monoisotopic (exact) mass is 285 g/mol. The van der Waals surface area contributed by atoms with Crippen molar-refractivity contribution in [3.8, 4) is 0 Å². The predicted molar refractivity (Wildman–Crippen MR) is 76.1 cm³/mol. The van der Waals surface area contributed by atoms with Crippen molar-refractivity contribution in [3.05, 3.63) is 15.5 Å². The van der Waals surface area contributed by atoms with E-state index >= 15 is 0 Å². The molecule has 0 saturated carbocycles. The van der Waals surface area contributed by atoms with Gasteiger partial charge in [0.25, 0.3) is 0 Å². The van der Waals surface area contributed by atoms with Crippen LogP contribution in [-0.2, 0) is 6.54 Å². The largest absolute Gasteiger partial charge is 0.310 e. The first-order valence-electron chi connectivity index (χ1n) is 6.75. The summed E-state index contributed by atoms with van der Waals surface area (Å²) in [6.45, 7) is 1.98. The summed E-state index contributed by atoms with van der Waals surface area (Å²) in [5.74, 6) is 0.842. The number of thiazole rings is 1. The second-order valence-corrected chi connectivity index (χ2v) is 7.32. The summed E-state index contributed by atoms with van der Waals surface area (Å²) in [4.78, 5) is 6.86. The van der Waals surface area contributed by atoms with Crippen LogP contribution in [-0.4, -0.2) is 35.6 Å². The summed E-state index contributed by atoms with van der Waals surface area (Å²) >= 11 is 7.45. The van der Waals surface area contributed by atoms with Crippen LogP contribution in [0.15, 0.2) is 6.20 Å². The van der Waals surface area contributed by atoms with E-state index in [4.69, 9.17) is 11.6 Å². The van der Waals surface area contributed by atoms with Crippen LogP contribution in [0, 0.1) is 5.92 Å². The van der Waals surface area contributed by atoms with Gasteiger partial charge in [-0.15, -0.1) is 11.3 Å². The molecular weight excluding hydrogens is 266 g/mol. The van der Waals surface area contributed by atoms with Crippen molar-refractivity contribution < 1.29 is 0 Å². The molecule has 0 aromatic carbocycles. The molecule has 2 aliphatic heterocycles. The normalized spacial score (nSPS) is 32.0. The van der Waals surface area contributed by atoms with Gasteiger partial charge in [-0.25, -0.2) is 4.98 Å². The van der Waals surface area contributed by atoms with Gasteiger partial charge in [0.2, 0.25) is 0 Å². The van der Waals surface area contributed by atoms with Crippen LogP contribution in [0.5, 0.6) is 0 Å². The highest BCUT2D eigenvalue weighted by Gasteiger charge is 2.37. The lowest BCUT2D eigenvalue weighted by Gasteiger charge is -2.36. The first-order valence-corrected chi connectivity index (χ1v) is 7.94. The highest BCUT2D eigenvalue weighted by molar-refractivity contribution is 7.15. The molecule has 1 N–H and O–H groups in total. The molecular formula is C13H20ClN3S. The third-order valence-corrected chi connectivity index (χ3v) is 5.55. The van der Waals surface area contributed by atoms with Crippen LogP contribution in [0.25, 0.3) is 0 Å². The maximum absolute atomic E-state index is 5.87. The third-order valence-electron chi connectivity index (χ3n) is 4.43. The molecule has 2 aliphatic rings. The number of nitrogens with zero attached hydrogens (tertiary/aromatic N) is 2. The van der Waals surface area contributed by atoms with E-state index in [1.165, 1.54) is 25.7 Å². The summed E-state index contributed by atoms with van der Waals surface area (Å²) in [7, 11) is 2.30. The van der Waals surface area contributed by atoms with Gasteiger partial charge in [0.1, 0.15) is 9.34 Å². The minimum atomic E-state index is 0.782. The molecule has 2 atom stereocenters. The molecule has 18 heavy (non-hydrogen) atoms. The molecule has 1 aromatic rings. The average Bonchev–Trinajstić information content (AvgIpc) is 2.82. The van der Waals surface area contributed by atoms with Crippen molar-refractivity contribution in [1.82, 2.24) is 15.2 Å². The van der Waals surface area contributed by atoms with Gasteiger partial charge >= 0.3 is 0 Å². The van der Waals surface area contributed by atoms with Crippen LogP contribution in [0.2, 0.25) is 4.34 Å². The number of piperidine rings is 1. The van der Waals surface area contributed by atoms with E-state index in [0.29, 0.717) is 0 Å². The highest BCUT2D eigenvalue weighted by atomic mass is 35.5. The Morgan fingerprint density at radius 1 is 1.44 bits per heavy atom. The van der Waals surface area contributed by atoms with Gasteiger partial charge in [-0.3, -0.25) is 0 Å². The standard InChI is InChI=1S/C13H20ClN3S/c1-17-10-2-3-11(17)5-9(4-10)6-15-8-13-16-7-12(14)18-13/h7,9-11,15H,2-6,8H2,1H3. The van der Waals surface area contributed by atoms with Crippen molar-refractivity contribution in [1.29, 1.82) is 0 Å². The molecule has 0 aliphatic carbocycles. The Labute approximate surface area is 118 Å². The molecule has 2 saturated heterocycles. The molecule has 0 radical (unpaired) electrons. The van der Waals surface area contributed by atoms with Crippen LogP contribution >= 0.6 is 22.9 Å². The van der Waals surface area contributed by atoms with E-state index in [9.17, 15) is 0 Å². The van der Waals surface area contributed by atoms with E-state index in [0.717, 1.165) is 40.4 Å². The van der Waals surface area contributed by atoms with Gasteiger partial charge in [-0.2, -0.15) is 0 Å². The molecule has 5 heteroatoms. The molecule has 0 amide bonds. The minimum absolute atomic E-state index is 0.782. The van der Waals surface area contributed by atoms with Crippen LogP contribution in [0.4, 0.5) is 0 Å². The van der Waals surface area contributed by atoms with E-state index < -0.39 is 0 Å². The van der Waals surface area contributed by atoms with E-state index in [1.807, 2.05) is 0 Å². The molecule has 2 fully saturated rings. The molecule has 100 valence electrons. The topological polar surface area (TPSA) is 28.2 Å². The lowest BCUT2D eigenvalue weighted by molar-refractivity contribution is 0.133. The van der Waals surface area contributed by atoms with E-state index in [-0.39, 0.29) is 0 Å². The maximum Gasteiger partial charge on any atom is 0.113 e. The van der Waals surface area contributed by atoms with Crippen LogP contribution < -0.4 is 5.32 Å². The number of fused-ring (bicyclic) bond motifs is 2. The second-order valence-electron chi connectivity index (χ2n) is 5.58. The maximum atomic E-state index is 5.87. The van der Waals surface area contributed by atoms with Crippen molar-refractivity contribution in [2.45, 2.75) is 44.3 Å². The zero-order valence-electron chi connectivity index (χ0n) is 10.7. The van der Waals surface area contributed by atoms with Crippen LogP contribution in [0.3, 0.4) is 0 Å². The molecule has 3 rings (SSSR count). The van der Waals surface area contributed by atoms with Gasteiger partial charge in [0.05, 0.1) is 6.20 Å². The second kappa shape index (κ2) is 5.45. The van der Waals surface area contributed by atoms with Gasteiger partial charge in [0, 0.05) is 18.6 Å². The van der Waals surface area contributed by atoms with Gasteiger partial charge in [-0.1, -0.05) is 11.6 Å². The number of hydrogen-bond acceptors (Lipinski definition) is 4. The quantitative estimate of drug-likeness (QED) is 0.922. The number of hydrogen-bond donors (Lipinski definition) is 1. The fourth-order valence-corrected chi connectivity index (χ4v) is 4.37. The van der Waals surface area contributed by atoms with Crippen molar-refractivity contribution in [2.75, 3.05) is 13.6 Å². The Bertz CT molecular complexity index is 395. The van der Waals surface area contributed by atoms with E-state index in [2.05, 4.69) is 22.2 Å². The molecule has 2 bridgehead atoms. The van der Waals surface area contributed by atoms with Gasteiger partial charge in [0.15, 0.2) is 0 Å². The van der Waals surface area contributed by atoms with Crippen molar-refractivity contribution >= 4 is 22.9 Å². The fourth-order valence-electron chi connectivity index (χ4n) is 3.44. The third kappa shape index (κ3) is 2.72. The molecule has 2 unspecified atom stereocenters. The lowest BCUT2D eigenvalue weighted by Crippen LogP contribution is -2.42. The molecule has 0 spiro atoms. The highest BCUT2D eigenvalue weighted by Crippen LogP contribution is 2.37. The average molecular weight is 286 g/mol. The van der Waals surface area contributed by atoms with E-state index in [1.54, 1.807) is 17.5 Å². The smallest absolute Gasteiger partial charge is 0.113 e. The Balaban J connectivity index is 1.44. The predicted octanol–water partition coefficient (Wildman–Crippen LogP) is 2.76. The summed E-state index contributed by atoms with van der Waals surface area (Å²) in [5.41, 5.74) is 0. The first kappa shape index (κ1) is 12.9. The van der Waals surface area contributed by atoms with Crippen molar-refractivity contribution in [2.24, 2.45) is 5.92 Å². The SMILES string of the molecule is CN1C2CCC1CC(CNCc1ncc(Cl)s1)C2. The molecule has 1 aromatic heterocycles. The summed E-state index contributed by atoms with van der Waals surface area (Å²) < 4.78 is 0.782. The zero-order chi connectivity index (χ0) is 12.5. The zero-order valence-corrected chi connectivity index (χ0v) is 12.3. The number of halogens is 1. The van der Waals surface area contributed by atoms with Gasteiger partial charge < -0.3 is 10.2 Å². The Hall–Kier alpha value is -0.160. The Morgan fingerprint density at radius 3 is 2.78 bits per heavy atom. The summed E-state index contributed by atoms with van der Waals surface area (Å²) in [5, 5.41) is 4.63. The summed E-state index contributed by atoms with van der Waals surface area (Å²) in [6.07, 6.45) is 7.26. The number of rotatable bonds is 4. The fraction of sp³-hybridized carbons (Fsp3) is 0.769.